The van der Waals surface area contributed by atoms with Crippen molar-refractivity contribution >= 4 is 16.9 Å². The van der Waals surface area contributed by atoms with Gasteiger partial charge in [-0.1, -0.05) is 12.1 Å². The SMILES string of the molecule is CC(C)n1c([C@H]2CCN(C(=O)Cc3cccc(F)c3)C2)nc2ccncc21. The zero-order chi connectivity index (χ0) is 19.0. The topological polar surface area (TPSA) is 51.0 Å². The highest BCUT2D eigenvalue weighted by Gasteiger charge is 2.31. The Morgan fingerprint density at radius 3 is 2.96 bits per heavy atom. The minimum Gasteiger partial charge on any atom is -0.342 e. The maximum Gasteiger partial charge on any atom is 0.227 e. The molecule has 1 atom stereocenters. The van der Waals surface area contributed by atoms with Crippen LogP contribution in [0.1, 0.15) is 43.6 Å². The molecule has 27 heavy (non-hydrogen) atoms. The minimum atomic E-state index is -0.307. The summed E-state index contributed by atoms with van der Waals surface area (Å²) in [4.78, 5) is 23.6. The molecule has 0 saturated carbocycles. The fourth-order valence-corrected chi connectivity index (χ4v) is 3.92. The van der Waals surface area contributed by atoms with Gasteiger partial charge in [-0.3, -0.25) is 9.78 Å². The Morgan fingerprint density at radius 2 is 2.19 bits per heavy atom. The molecule has 1 aromatic carbocycles. The second kappa shape index (κ2) is 7.10. The summed E-state index contributed by atoms with van der Waals surface area (Å²) in [5.41, 5.74) is 2.69. The fraction of sp³-hybridized carbons (Fsp3) is 0.381. The van der Waals surface area contributed by atoms with E-state index in [0.717, 1.165) is 23.3 Å². The van der Waals surface area contributed by atoms with Crippen LogP contribution in [-0.4, -0.2) is 38.4 Å². The number of carbonyl (C=O) groups is 1. The zero-order valence-electron chi connectivity index (χ0n) is 15.6. The van der Waals surface area contributed by atoms with Gasteiger partial charge in [0.15, 0.2) is 0 Å². The number of nitrogens with zero attached hydrogens (tertiary/aromatic N) is 4. The Bertz CT molecular complexity index is 981. The monoisotopic (exact) mass is 366 g/mol. The lowest BCUT2D eigenvalue weighted by molar-refractivity contribution is -0.129. The Balaban J connectivity index is 1.53. The quantitative estimate of drug-likeness (QED) is 0.707. The summed E-state index contributed by atoms with van der Waals surface area (Å²) in [6.07, 6.45) is 4.73. The molecular formula is C21H23FN4O. The largest absolute Gasteiger partial charge is 0.342 e. The van der Waals surface area contributed by atoms with Crippen LogP contribution in [0, 0.1) is 5.82 Å². The Kier molecular flexibility index (Phi) is 4.64. The molecule has 3 heterocycles. The van der Waals surface area contributed by atoms with Crippen LogP contribution in [0.2, 0.25) is 0 Å². The molecule has 0 aliphatic carbocycles. The maximum atomic E-state index is 13.4. The summed E-state index contributed by atoms with van der Waals surface area (Å²) < 4.78 is 15.6. The molecular weight excluding hydrogens is 343 g/mol. The van der Waals surface area contributed by atoms with Crippen molar-refractivity contribution < 1.29 is 9.18 Å². The summed E-state index contributed by atoms with van der Waals surface area (Å²) >= 11 is 0. The van der Waals surface area contributed by atoms with Crippen LogP contribution in [-0.2, 0) is 11.2 Å². The van der Waals surface area contributed by atoms with Gasteiger partial charge in [-0.2, -0.15) is 0 Å². The Morgan fingerprint density at radius 1 is 1.33 bits per heavy atom. The van der Waals surface area contributed by atoms with Gasteiger partial charge in [0.05, 0.1) is 23.7 Å². The van der Waals surface area contributed by atoms with Crippen LogP contribution in [0.4, 0.5) is 4.39 Å². The standard InChI is InChI=1S/C21H23FN4O/c1-14(2)26-19-12-23-8-6-18(19)24-21(26)16-7-9-25(13-16)20(27)11-15-4-3-5-17(22)10-15/h3-6,8,10,12,14,16H,7,9,11,13H2,1-2H3/t16-/m0/s1. The first-order valence-electron chi connectivity index (χ1n) is 9.37. The lowest BCUT2D eigenvalue weighted by atomic mass is 10.1. The first-order chi connectivity index (χ1) is 13.0. The van der Waals surface area contributed by atoms with Gasteiger partial charge in [0.1, 0.15) is 11.6 Å². The van der Waals surface area contributed by atoms with Crippen molar-refractivity contribution in [1.82, 2.24) is 19.4 Å². The van der Waals surface area contributed by atoms with Gasteiger partial charge in [-0.05, 0) is 44.0 Å². The number of likely N-dealkylation sites (tertiary alicyclic amines) is 1. The fourth-order valence-electron chi connectivity index (χ4n) is 3.92. The lowest BCUT2D eigenvalue weighted by Gasteiger charge is -2.19. The van der Waals surface area contributed by atoms with E-state index in [2.05, 4.69) is 23.4 Å². The van der Waals surface area contributed by atoms with Crippen molar-refractivity contribution in [1.29, 1.82) is 0 Å². The third kappa shape index (κ3) is 3.44. The molecule has 1 fully saturated rings. The number of fused-ring (bicyclic) bond motifs is 1. The number of rotatable bonds is 4. The second-order valence-electron chi connectivity index (χ2n) is 7.43. The summed E-state index contributed by atoms with van der Waals surface area (Å²) in [7, 11) is 0. The highest BCUT2D eigenvalue weighted by Crippen LogP contribution is 2.31. The second-order valence-corrected chi connectivity index (χ2v) is 7.43. The number of halogens is 1. The van der Waals surface area contributed by atoms with E-state index in [1.807, 2.05) is 17.2 Å². The third-order valence-corrected chi connectivity index (χ3v) is 5.19. The summed E-state index contributed by atoms with van der Waals surface area (Å²) in [5.74, 6) is 0.959. The Labute approximate surface area is 157 Å². The van der Waals surface area contributed by atoms with E-state index in [9.17, 15) is 9.18 Å². The number of hydrogen-bond donors (Lipinski definition) is 0. The van der Waals surface area contributed by atoms with Crippen LogP contribution in [0.3, 0.4) is 0 Å². The first-order valence-corrected chi connectivity index (χ1v) is 9.37. The smallest absolute Gasteiger partial charge is 0.227 e. The van der Waals surface area contributed by atoms with Crippen molar-refractivity contribution in [3.05, 3.63) is 59.9 Å². The van der Waals surface area contributed by atoms with E-state index in [1.165, 1.54) is 12.1 Å². The number of pyridine rings is 1. The minimum absolute atomic E-state index is 0.0389. The lowest BCUT2D eigenvalue weighted by Crippen LogP contribution is -2.30. The van der Waals surface area contributed by atoms with Gasteiger partial charge in [-0.25, -0.2) is 9.37 Å². The van der Waals surface area contributed by atoms with E-state index in [0.29, 0.717) is 18.7 Å². The normalized spacial score (nSPS) is 17.2. The molecule has 6 heteroatoms. The van der Waals surface area contributed by atoms with Gasteiger partial charge in [0.25, 0.3) is 0 Å². The molecule has 0 spiro atoms. The van der Waals surface area contributed by atoms with Crippen molar-refractivity contribution in [2.75, 3.05) is 13.1 Å². The average molecular weight is 366 g/mol. The molecule has 1 saturated heterocycles. The number of carbonyl (C=O) groups excluding carboxylic acids is 1. The number of aromatic nitrogens is 3. The zero-order valence-corrected chi connectivity index (χ0v) is 15.6. The van der Waals surface area contributed by atoms with E-state index >= 15 is 0 Å². The van der Waals surface area contributed by atoms with Crippen molar-refractivity contribution in [3.8, 4) is 0 Å². The highest BCUT2D eigenvalue weighted by atomic mass is 19.1. The predicted molar refractivity (Wildman–Crippen MR) is 102 cm³/mol. The number of imidazole rings is 1. The molecule has 5 nitrogen and oxygen atoms in total. The summed E-state index contributed by atoms with van der Waals surface area (Å²) in [6, 6.07) is 8.45. The number of amides is 1. The van der Waals surface area contributed by atoms with Gasteiger partial charge in [0.2, 0.25) is 5.91 Å². The molecule has 3 aromatic rings. The molecule has 2 aromatic heterocycles. The molecule has 140 valence electrons. The number of hydrogen-bond acceptors (Lipinski definition) is 3. The van der Waals surface area contributed by atoms with E-state index in [4.69, 9.17) is 4.98 Å². The van der Waals surface area contributed by atoms with E-state index < -0.39 is 0 Å². The maximum absolute atomic E-state index is 13.4. The molecule has 1 aliphatic heterocycles. The molecule has 0 bridgehead atoms. The Hall–Kier alpha value is -2.76. The molecule has 1 amide bonds. The highest BCUT2D eigenvalue weighted by molar-refractivity contribution is 5.79. The summed E-state index contributed by atoms with van der Waals surface area (Å²) in [5, 5.41) is 0. The first kappa shape index (κ1) is 17.6. The van der Waals surface area contributed by atoms with Crippen molar-refractivity contribution in [3.63, 3.8) is 0 Å². The van der Waals surface area contributed by atoms with Gasteiger partial charge < -0.3 is 9.47 Å². The van der Waals surface area contributed by atoms with Gasteiger partial charge in [0, 0.05) is 31.2 Å². The van der Waals surface area contributed by atoms with Crippen LogP contribution in [0.5, 0.6) is 0 Å². The molecule has 0 radical (unpaired) electrons. The van der Waals surface area contributed by atoms with Crippen LogP contribution in [0.25, 0.3) is 11.0 Å². The van der Waals surface area contributed by atoms with Crippen LogP contribution < -0.4 is 0 Å². The van der Waals surface area contributed by atoms with Gasteiger partial charge in [-0.15, -0.1) is 0 Å². The molecule has 0 N–H and O–H groups in total. The summed E-state index contributed by atoms with van der Waals surface area (Å²) in [6.45, 7) is 5.63. The van der Waals surface area contributed by atoms with Crippen LogP contribution in [0.15, 0.2) is 42.7 Å². The van der Waals surface area contributed by atoms with Gasteiger partial charge >= 0.3 is 0 Å². The third-order valence-electron chi connectivity index (χ3n) is 5.19. The number of benzene rings is 1. The molecule has 4 rings (SSSR count). The molecule has 1 aliphatic rings. The van der Waals surface area contributed by atoms with Crippen molar-refractivity contribution in [2.45, 2.75) is 38.6 Å². The van der Waals surface area contributed by atoms with Crippen molar-refractivity contribution in [2.24, 2.45) is 0 Å². The van der Waals surface area contributed by atoms with Crippen LogP contribution >= 0.6 is 0 Å². The average Bonchev–Trinajstić information content (AvgIpc) is 3.26. The van der Waals surface area contributed by atoms with E-state index in [-0.39, 0.29) is 30.1 Å². The predicted octanol–water partition coefficient (Wildman–Crippen LogP) is 3.71. The van der Waals surface area contributed by atoms with E-state index in [1.54, 1.807) is 18.3 Å². The molecule has 0 unspecified atom stereocenters.